The fourth-order valence-electron chi connectivity index (χ4n) is 3.36. The number of benzene rings is 1. The standard InChI is InChI=1S/C21H22N4/c1-3-8-16(9-4-1)21-24-19(17-10-7-13-22-15-17)14-20(25-21)23-18-11-5-2-6-12-18/h1,3-4,7-10,13-15,18H,2,5-6,11-12H2,(H,23,24,25). The summed E-state index contributed by atoms with van der Waals surface area (Å²) in [4.78, 5) is 13.8. The first-order valence-electron chi connectivity index (χ1n) is 9.00. The Morgan fingerprint density at radius 1 is 0.840 bits per heavy atom. The lowest BCUT2D eigenvalue weighted by atomic mass is 9.95. The molecule has 25 heavy (non-hydrogen) atoms. The van der Waals surface area contributed by atoms with Crippen molar-refractivity contribution in [1.29, 1.82) is 0 Å². The number of aromatic nitrogens is 3. The molecule has 0 atom stereocenters. The van der Waals surface area contributed by atoms with E-state index < -0.39 is 0 Å². The summed E-state index contributed by atoms with van der Waals surface area (Å²) < 4.78 is 0. The molecule has 4 nitrogen and oxygen atoms in total. The molecule has 1 N–H and O–H groups in total. The Balaban J connectivity index is 1.72. The molecule has 0 unspecified atom stereocenters. The average molecular weight is 330 g/mol. The smallest absolute Gasteiger partial charge is 0.162 e. The quantitative estimate of drug-likeness (QED) is 0.735. The van der Waals surface area contributed by atoms with E-state index in [-0.39, 0.29) is 0 Å². The van der Waals surface area contributed by atoms with Crippen molar-refractivity contribution in [2.45, 2.75) is 38.1 Å². The van der Waals surface area contributed by atoms with Crippen molar-refractivity contribution < 1.29 is 0 Å². The second-order valence-electron chi connectivity index (χ2n) is 6.55. The minimum Gasteiger partial charge on any atom is -0.367 e. The Labute approximate surface area is 148 Å². The summed E-state index contributed by atoms with van der Waals surface area (Å²) in [5.74, 6) is 1.65. The Kier molecular flexibility index (Phi) is 4.68. The molecule has 126 valence electrons. The third-order valence-corrected chi connectivity index (χ3v) is 4.67. The molecule has 0 amide bonds. The van der Waals surface area contributed by atoms with Crippen LogP contribution in [0.2, 0.25) is 0 Å². The molecule has 0 saturated heterocycles. The van der Waals surface area contributed by atoms with Crippen LogP contribution < -0.4 is 5.32 Å². The normalized spacial score (nSPS) is 15.0. The van der Waals surface area contributed by atoms with Gasteiger partial charge in [-0.25, -0.2) is 9.97 Å². The van der Waals surface area contributed by atoms with Crippen LogP contribution in [0.25, 0.3) is 22.6 Å². The SMILES string of the molecule is c1ccc(-c2nc(NC3CCCCC3)cc(-c3cccnc3)n2)cc1. The monoisotopic (exact) mass is 330 g/mol. The van der Waals surface area contributed by atoms with Crippen LogP contribution in [0, 0.1) is 0 Å². The number of hydrogen-bond acceptors (Lipinski definition) is 4. The lowest BCUT2D eigenvalue weighted by molar-refractivity contribution is 0.462. The van der Waals surface area contributed by atoms with Gasteiger partial charge in [-0.15, -0.1) is 0 Å². The van der Waals surface area contributed by atoms with Crippen molar-refractivity contribution in [1.82, 2.24) is 15.0 Å². The highest BCUT2D eigenvalue weighted by molar-refractivity contribution is 5.67. The summed E-state index contributed by atoms with van der Waals surface area (Å²) in [5, 5.41) is 3.63. The van der Waals surface area contributed by atoms with E-state index in [4.69, 9.17) is 9.97 Å². The van der Waals surface area contributed by atoms with E-state index in [1.807, 2.05) is 54.7 Å². The lowest BCUT2D eigenvalue weighted by Crippen LogP contribution is -2.23. The molecule has 1 fully saturated rings. The molecule has 1 aliphatic rings. The number of nitrogens with one attached hydrogen (secondary N) is 1. The van der Waals surface area contributed by atoms with E-state index in [0.717, 1.165) is 28.5 Å². The molecule has 3 aromatic rings. The second kappa shape index (κ2) is 7.43. The van der Waals surface area contributed by atoms with E-state index in [0.29, 0.717) is 6.04 Å². The topological polar surface area (TPSA) is 50.7 Å². The van der Waals surface area contributed by atoms with Crippen LogP contribution in [0.1, 0.15) is 32.1 Å². The summed E-state index contributed by atoms with van der Waals surface area (Å²) in [6.45, 7) is 0. The van der Waals surface area contributed by atoms with Crippen molar-refractivity contribution in [3.8, 4) is 22.6 Å². The Morgan fingerprint density at radius 3 is 2.40 bits per heavy atom. The minimum atomic E-state index is 0.508. The van der Waals surface area contributed by atoms with Gasteiger partial charge in [0, 0.05) is 35.6 Å². The van der Waals surface area contributed by atoms with Crippen LogP contribution in [-0.4, -0.2) is 21.0 Å². The summed E-state index contributed by atoms with van der Waals surface area (Å²) in [7, 11) is 0. The molecule has 2 heterocycles. The van der Waals surface area contributed by atoms with E-state index >= 15 is 0 Å². The van der Waals surface area contributed by atoms with Crippen LogP contribution >= 0.6 is 0 Å². The summed E-state index contributed by atoms with van der Waals surface area (Å²) in [6.07, 6.45) is 10.00. The van der Waals surface area contributed by atoms with Gasteiger partial charge in [0.1, 0.15) is 5.82 Å². The summed E-state index contributed by atoms with van der Waals surface area (Å²) >= 11 is 0. The number of nitrogens with zero attached hydrogens (tertiary/aromatic N) is 3. The van der Waals surface area contributed by atoms with Gasteiger partial charge in [-0.05, 0) is 25.0 Å². The van der Waals surface area contributed by atoms with Crippen molar-refractivity contribution >= 4 is 5.82 Å². The number of rotatable bonds is 4. The molecule has 1 saturated carbocycles. The van der Waals surface area contributed by atoms with Gasteiger partial charge in [0.05, 0.1) is 5.69 Å². The van der Waals surface area contributed by atoms with Gasteiger partial charge in [-0.3, -0.25) is 4.98 Å². The first-order chi connectivity index (χ1) is 12.4. The van der Waals surface area contributed by atoms with Crippen molar-refractivity contribution in [2.24, 2.45) is 0 Å². The van der Waals surface area contributed by atoms with Gasteiger partial charge in [-0.1, -0.05) is 49.6 Å². The highest BCUT2D eigenvalue weighted by Gasteiger charge is 2.15. The zero-order valence-corrected chi connectivity index (χ0v) is 14.2. The van der Waals surface area contributed by atoms with Gasteiger partial charge in [0.15, 0.2) is 5.82 Å². The van der Waals surface area contributed by atoms with E-state index in [1.165, 1.54) is 32.1 Å². The highest BCUT2D eigenvalue weighted by atomic mass is 15.1. The lowest BCUT2D eigenvalue weighted by Gasteiger charge is -2.23. The Morgan fingerprint density at radius 2 is 1.64 bits per heavy atom. The average Bonchev–Trinajstić information content (AvgIpc) is 2.70. The molecule has 2 aromatic heterocycles. The van der Waals surface area contributed by atoms with Crippen molar-refractivity contribution in [2.75, 3.05) is 5.32 Å². The molecular formula is C21H22N4. The second-order valence-corrected chi connectivity index (χ2v) is 6.55. The molecule has 1 aliphatic carbocycles. The Hall–Kier alpha value is -2.75. The van der Waals surface area contributed by atoms with Gasteiger partial charge in [0.25, 0.3) is 0 Å². The first-order valence-corrected chi connectivity index (χ1v) is 9.00. The minimum absolute atomic E-state index is 0.508. The fourth-order valence-corrected chi connectivity index (χ4v) is 3.36. The molecular weight excluding hydrogens is 308 g/mol. The van der Waals surface area contributed by atoms with E-state index in [9.17, 15) is 0 Å². The van der Waals surface area contributed by atoms with Gasteiger partial charge >= 0.3 is 0 Å². The Bertz CT molecular complexity index is 754. The molecule has 0 spiro atoms. The zero-order chi connectivity index (χ0) is 16.9. The number of pyridine rings is 1. The van der Waals surface area contributed by atoms with Crippen molar-refractivity contribution in [3.05, 3.63) is 60.9 Å². The zero-order valence-electron chi connectivity index (χ0n) is 14.2. The number of hydrogen-bond donors (Lipinski definition) is 1. The molecule has 0 bridgehead atoms. The maximum Gasteiger partial charge on any atom is 0.162 e. The van der Waals surface area contributed by atoms with E-state index in [1.54, 1.807) is 6.20 Å². The largest absolute Gasteiger partial charge is 0.367 e. The summed E-state index contributed by atoms with van der Waals surface area (Å²) in [5.41, 5.74) is 2.94. The van der Waals surface area contributed by atoms with E-state index in [2.05, 4.69) is 10.3 Å². The third-order valence-electron chi connectivity index (χ3n) is 4.67. The van der Waals surface area contributed by atoms with Gasteiger partial charge in [0.2, 0.25) is 0 Å². The van der Waals surface area contributed by atoms with Gasteiger partial charge < -0.3 is 5.32 Å². The van der Waals surface area contributed by atoms with Crippen LogP contribution in [0.3, 0.4) is 0 Å². The molecule has 4 rings (SSSR count). The van der Waals surface area contributed by atoms with Crippen LogP contribution in [-0.2, 0) is 0 Å². The molecule has 0 radical (unpaired) electrons. The van der Waals surface area contributed by atoms with Crippen LogP contribution in [0.4, 0.5) is 5.82 Å². The van der Waals surface area contributed by atoms with Crippen LogP contribution in [0.5, 0.6) is 0 Å². The number of anilines is 1. The molecule has 0 aliphatic heterocycles. The maximum absolute atomic E-state index is 4.78. The van der Waals surface area contributed by atoms with Crippen molar-refractivity contribution in [3.63, 3.8) is 0 Å². The molecule has 1 aromatic carbocycles. The first kappa shape index (κ1) is 15.8. The predicted molar refractivity (Wildman–Crippen MR) is 101 cm³/mol. The third kappa shape index (κ3) is 3.85. The van der Waals surface area contributed by atoms with Gasteiger partial charge in [-0.2, -0.15) is 0 Å². The highest BCUT2D eigenvalue weighted by Crippen LogP contribution is 2.26. The maximum atomic E-state index is 4.78. The fraction of sp³-hybridized carbons (Fsp3) is 0.286. The molecule has 4 heteroatoms. The summed E-state index contributed by atoms with van der Waals surface area (Å²) in [6, 6.07) is 16.7. The van der Waals surface area contributed by atoms with Crippen LogP contribution in [0.15, 0.2) is 60.9 Å². The predicted octanol–water partition coefficient (Wildman–Crippen LogP) is 4.95.